The van der Waals surface area contributed by atoms with Gasteiger partial charge < -0.3 is 14.6 Å². The summed E-state index contributed by atoms with van der Waals surface area (Å²) in [5, 5.41) is 17.3. The third-order valence-corrected chi connectivity index (χ3v) is 7.07. The van der Waals surface area contributed by atoms with Gasteiger partial charge in [-0.15, -0.1) is 0 Å². The monoisotopic (exact) mass is 440 g/mol. The van der Waals surface area contributed by atoms with Gasteiger partial charge in [-0.05, 0) is 68.4 Å². The van der Waals surface area contributed by atoms with Crippen LogP contribution in [0.3, 0.4) is 0 Å². The van der Waals surface area contributed by atoms with E-state index in [1.807, 2.05) is 0 Å². The fourth-order valence-electron chi connectivity index (χ4n) is 6.08. The maximum Gasteiger partial charge on any atom is 0.325 e. The van der Waals surface area contributed by atoms with E-state index in [1.54, 1.807) is 0 Å². The molecule has 6 rings (SSSR count). The van der Waals surface area contributed by atoms with Crippen molar-refractivity contribution < 1.29 is 23.8 Å². The average molecular weight is 440 g/mol. The van der Waals surface area contributed by atoms with Crippen LogP contribution in [0.2, 0.25) is 0 Å². The number of nitrogens with one attached hydrogen (secondary N) is 1. The number of aromatic nitrogens is 2. The molecule has 1 aromatic heterocycles. The molecule has 32 heavy (non-hydrogen) atoms. The lowest BCUT2D eigenvalue weighted by Crippen LogP contribution is -2.54. The first-order valence-electron chi connectivity index (χ1n) is 10.9. The molecule has 1 N–H and O–H groups in total. The first-order chi connectivity index (χ1) is 15.4. The molecule has 4 fully saturated rings. The van der Waals surface area contributed by atoms with Crippen molar-refractivity contribution in [2.45, 2.75) is 45.1 Å². The fourth-order valence-corrected chi connectivity index (χ4v) is 6.08. The van der Waals surface area contributed by atoms with Gasteiger partial charge in [-0.2, -0.15) is 4.98 Å². The van der Waals surface area contributed by atoms with Gasteiger partial charge in [-0.3, -0.25) is 19.7 Å². The number of non-ortho nitro benzene ring substituents is 1. The fraction of sp³-hybridized carbons (Fsp3) is 0.545. The number of ether oxygens (including phenoxy) is 1. The van der Waals surface area contributed by atoms with Gasteiger partial charge >= 0.3 is 5.97 Å². The van der Waals surface area contributed by atoms with Crippen LogP contribution in [0.15, 0.2) is 28.8 Å². The molecule has 0 atom stereocenters. The molecule has 0 aliphatic heterocycles. The van der Waals surface area contributed by atoms with Gasteiger partial charge in [0.15, 0.2) is 6.61 Å². The van der Waals surface area contributed by atoms with Gasteiger partial charge in [0.05, 0.1) is 4.92 Å². The highest BCUT2D eigenvalue weighted by atomic mass is 16.6. The number of nitrogens with zero attached hydrogens (tertiary/aromatic N) is 3. The summed E-state index contributed by atoms with van der Waals surface area (Å²) >= 11 is 0. The summed E-state index contributed by atoms with van der Waals surface area (Å²) in [6, 6.07) is 5.72. The van der Waals surface area contributed by atoms with Crippen molar-refractivity contribution in [2.75, 3.05) is 6.54 Å². The largest absolute Gasteiger partial charge is 0.454 e. The van der Waals surface area contributed by atoms with Crippen molar-refractivity contribution >= 4 is 17.6 Å². The van der Waals surface area contributed by atoms with Gasteiger partial charge in [0.25, 0.3) is 11.6 Å². The predicted molar refractivity (Wildman–Crippen MR) is 110 cm³/mol. The summed E-state index contributed by atoms with van der Waals surface area (Å²) in [6.07, 6.45) is 6.57. The molecule has 4 saturated carbocycles. The Bertz CT molecular complexity index is 1010. The minimum Gasteiger partial charge on any atom is -0.454 e. The predicted octanol–water partition coefficient (Wildman–Crippen LogP) is 3.02. The topological polar surface area (TPSA) is 137 Å². The molecule has 4 aliphatic rings. The molecule has 0 radical (unpaired) electrons. The van der Waals surface area contributed by atoms with Crippen molar-refractivity contribution in [1.82, 2.24) is 15.5 Å². The maximum absolute atomic E-state index is 12.9. The average Bonchev–Trinajstić information content (AvgIpc) is 3.24. The lowest BCUT2D eigenvalue weighted by Gasteiger charge is -2.55. The number of nitro benzene ring substituents is 1. The van der Waals surface area contributed by atoms with Gasteiger partial charge in [0.2, 0.25) is 11.7 Å². The number of amides is 1. The van der Waals surface area contributed by atoms with Gasteiger partial charge in [-0.1, -0.05) is 5.16 Å². The maximum atomic E-state index is 12.9. The Morgan fingerprint density at radius 1 is 1.12 bits per heavy atom. The summed E-state index contributed by atoms with van der Waals surface area (Å²) in [7, 11) is 0. The number of benzene rings is 1. The van der Waals surface area contributed by atoms with Crippen LogP contribution < -0.4 is 5.32 Å². The van der Waals surface area contributed by atoms with E-state index in [0.717, 1.165) is 19.3 Å². The van der Waals surface area contributed by atoms with Gasteiger partial charge in [0.1, 0.15) is 6.54 Å². The highest BCUT2D eigenvalue weighted by Crippen LogP contribution is 2.60. The highest BCUT2D eigenvalue weighted by Gasteiger charge is 2.54. The number of esters is 1. The molecule has 1 heterocycles. The second-order valence-corrected chi connectivity index (χ2v) is 9.36. The second kappa shape index (κ2) is 7.99. The summed E-state index contributed by atoms with van der Waals surface area (Å²) < 4.78 is 10.2. The van der Waals surface area contributed by atoms with Crippen LogP contribution in [0.4, 0.5) is 5.69 Å². The molecule has 10 nitrogen and oxygen atoms in total. The number of nitro groups is 1. The molecular formula is C22H24N4O6. The first kappa shape index (κ1) is 20.6. The quantitative estimate of drug-likeness (QED) is 0.394. The van der Waals surface area contributed by atoms with E-state index in [1.165, 1.54) is 43.5 Å². The smallest absolute Gasteiger partial charge is 0.325 e. The van der Waals surface area contributed by atoms with E-state index in [0.29, 0.717) is 23.3 Å². The van der Waals surface area contributed by atoms with Crippen LogP contribution in [0, 0.1) is 33.3 Å². The summed E-state index contributed by atoms with van der Waals surface area (Å²) in [5.41, 5.74) is 0.197. The number of hydrogen-bond donors (Lipinski definition) is 1. The number of hydrogen-bond acceptors (Lipinski definition) is 8. The molecule has 0 saturated heterocycles. The molecule has 4 aliphatic carbocycles. The molecule has 10 heteroatoms. The number of carbonyl (C=O) groups is 2. The minimum absolute atomic E-state index is 0.0215. The molecule has 1 amide bonds. The van der Waals surface area contributed by atoms with Crippen LogP contribution >= 0.6 is 0 Å². The normalized spacial score (nSPS) is 27.8. The SMILES string of the molecule is O=C(CNC(=O)C12CC3CC(CC(C3)C1)C2)OCc1nc(-c2ccc([N+](=O)[O-])cc2)no1. The standard InChI is InChI=1S/C22H24N4O6/c27-19(11-23-21(28)22-8-13-5-14(9-22)7-15(6-13)10-22)31-12-18-24-20(25-32-18)16-1-3-17(4-2-16)26(29)30/h1-4,13-15H,5-12H2,(H,23,28). The van der Waals surface area contributed by atoms with Crippen molar-refractivity contribution in [3.05, 3.63) is 40.3 Å². The van der Waals surface area contributed by atoms with Gasteiger partial charge in [-0.25, -0.2) is 0 Å². The third-order valence-electron chi connectivity index (χ3n) is 7.07. The Hall–Kier alpha value is -3.30. The lowest BCUT2D eigenvalue weighted by molar-refractivity contribution is -0.384. The zero-order chi connectivity index (χ0) is 22.3. The van der Waals surface area contributed by atoms with Crippen molar-refractivity contribution in [2.24, 2.45) is 23.2 Å². The number of carbonyl (C=O) groups excluding carboxylic acids is 2. The lowest BCUT2D eigenvalue weighted by atomic mass is 9.49. The zero-order valence-corrected chi connectivity index (χ0v) is 17.5. The van der Waals surface area contributed by atoms with E-state index in [9.17, 15) is 19.7 Å². The minimum atomic E-state index is -0.571. The Kier molecular flexibility index (Phi) is 5.15. The Morgan fingerprint density at radius 2 is 1.75 bits per heavy atom. The van der Waals surface area contributed by atoms with Crippen molar-refractivity contribution in [3.8, 4) is 11.4 Å². The van der Waals surface area contributed by atoms with E-state index >= 15 is 0 Å². The van der Waals surface area contributed by atoms with Crippen LogP contribution in [-0.4, -0.2) is 33.5 Å². The highest BCUT2D eigenvalue weighted by molar-refractivity contribution is 5.86. The van der Waals surface area contributed by atoms with E-state index in [-0.39, 0.29) is 41.9 Å². The van der Waals surface area contributed by atoms with E-state index in [2.05, 4.69) is 15.5 Å². The Morgan fingerprint density at radius 3 is 2.34 bits per heavy atom. The van der Waals surface area contributed by atoms with Crippen molar-refractivity contribution in [3.63, 3.8) is 0 Å². The van der Waals surface area contributed by atoms with E-state index in [4.69, 9.17) is 9.26 Å². The Balaban J connectivity index is 1.11. The van der Waals surface area contributed by atoms with Gasteiger partial charge in [0, 0.05) is 23.1 Å². The Labute approximate surface area is 183 Å². The number of rotatable bonds is 7. The van der Waals surface area contributed by atoms with Crippen LogP contribution in [0.5, 0.6) is 0 Å². The van der Waals surface area contributed by atoms with Crippen LogP contribution in [0.1, 0.15) is 44.4 Å². The second-order valence-electron chi connectivity index (χ2n) is 9.36. The van der Waals surface area contributed by atoms with Crippen LogP contribution in [0.25, 0.3) is 11.4 Å². The van der Waals surface area contributed by atoms with E-state index < -0.39 is 10.9 Å². The zero-order valence-electron chi connectivity index (χ0n) is 17.5. The van der Waals surface area contributed by atoms with Crippen molar-refractivity contribution in [1.29, 1.82) is 0 Å². The molecule has 0 unspecified atom stereocenters. The molecule has 2 aromatic rings. The molecule has 1 aromatic carbocycles. The molecule has 168 valence electrons. The molecular weight excluding hydrogens is 416 g/mol. The first-order valence-corrected chi connectivity index (χ1v) is 10.9. The summed E-state index contributed by atoms with van der Waals surface area (Å²) in [6.45, 7) is -0.407. The summed E-state index contributed by atoms with van der Waals surface area (Å²) in [5.74, 6) is 1.70. The summed E-state index contributed by atoms with van der Waals surface area (Å²) in [4.78, 5) is 39.4. The van der Waals surface area contributed by atoms with Crippen LogP contribution in [-0.2, 0) is 20.9 Å². The molecule has 0 spiro atoms. The molecule has 4 bridgehead atoms. The third kappa shape index (κ3) is 3.96.